The van der Waals surface area contributed by atoms with E-state index in [1.54, 1.807) is 24.4 Å². The molecule has 0 aliphatic carbocycles. The minimum atomic E-state index is -1.02. The summed E-state index contributed by atoms with van der Waals surface area (Å²) in [5.41, 5.74) is 2.76. The van der Waals surface area contributed by atoms with Gasteiger partial charge in [0.25, 0.3) is 0 Å². The van der Waals surface area contributed by atoms with Crippen molar-refractivity contribution >= 4 is 45.2 Å². The van der Waals surface area contributed by atoms with Crippen LogP contribution in [0.15, 0.2) is 48.7 Å². The number of terminal acetylenes is 1. The van der Waals surface area contributed by atoms with E-state index in [2.05, 4.69) is 21.5 Å². The van der Waals surface area contributed by atoms with Crippen molar-refractivity contribution in [2.45, 2.75) is 26.4 Å². The van der Waals surface area contributed by atoms with E-state index in [-0.39, 0.29) is 11.7 Å². The molecule has 0 unspecified atom stereocenters. The van der Waals surface area contributed by atoms with Gasteiger partial charge in [0.2, 0.25) is 5.95 Å². The molecule has 8 heteroatoms. The summed E-state index contributed by atoms with van der Waals surface area (Å²) in [5, 5.41) is 17.4. The number of hydrogen-bond acceptors (Lipinski definition) is 7. The van der Waals surface area contributed by atoms with Crippen molar-refractivity contribution in [3.8, 4) is 12.3 Å². The van der Waals surface area contributed by atoms with Crippen molar-refractivity contribution in [2.75, 3.05) is 23.8 Å². The molecule has 8 nitrogen and oxygen atoms in total. The molecule has 0 atom stereocenters. The molecule has 0 radical (unpaired) electrons. The van der Waals surface area contributed by atoms with Gasteiger partial charge in [0.15, 0.2) is 5.82 Å². The van der Waals surface area contributed by atoms with Gasteiger partial charge in [-0.1, -0.05) is 18.1 Å². The number of carbonyl (C=O) groups is 1. The van der Waals surface area contributed by atoms with E-state index < -0.39 is 5.97 Å². The first-order valence-corrected chi connectivity index (χ1v) is 11.0. The van der Waals surface area contributed by atoms with Gasteiger partial charge in [0.05, 0.1) is 17.2 Å². The molecule has 0 amide bonds. The van der Waals surface area contributed by atoms with Crippen molar-refractivity contribution in [3.63, 3.8) is 0 Å². The number of nitrogens with zero attached hydrogens (tertiary/aromatic N) is 3. The predicted molar refractivity (Wildman–Crippen MR) is 134 cm³/mol. The fourth-order valence-electron chi connectivity index (χ4n) is 3.50. The summed E-state index contributed by atoms with van der Waals surface area (Å²) in [6.45, 7) is 5.32. The van der Waals surface area contributed by atoms with E-state index in [9.17, 15) is 9.90 Å². The van der Waals surface area contributed by atoms with Crippen LogP contribution in [0.1, 0.15) is 36.2 Å². The van der Waals surface area contributed by atoms with Crippen LogP contribution >= 0.6 is 0 Å². The maximum atomic E-state index is 11.5. The Morgan fingerprint density at radius 2 is 2.03 bits per heavy atom. The average Bonchev–Trinajstić information content (AvgIpc) is 2.83. The Morgan fingerprint density at radius 3 is 2.79 bits per heavy atom. The zero-order chi connectivity index (χ0) is 24.1. The van der Waals surface area contributed by atoms with Crippen molar-refractivity contribution in [2.24, 2.45) is 0 Å². The number of pyridine rings is 1. The van der Waals surface area contributed by atoms with E-state index in [4.69, 9.17) is 21.1 Å². The van der Waals surface area contributed by atoms with Gasteiger partial charge < -0.3 is 20.5 Å². The Morgan fingerprint density at radius 1 is 1.18 bits per heavy atom. The fourth-order valence-corrected chi connectivity index (χ4v) is 3.50. The van der Waals surface area contributed by atoms with Crippen molar-refractivity contribution in [1.29, 1.82) is 0 Å². The minimum Gasteiger partial charge on any atom is -0.478 e. The maximum Gasteiger partial charge on any atom is 0.335 e. The molecule has 0 aliphatic rings. The van der Waals surface area contributed by atoms with Crippen molar-refractivity contribution in [3.05, 3.63) is 59.8 Å². The monoisotopic (exact) mass is 455 g/mol. The molecule has 0 saturated heterocycles. The number of aromatic carboxylic acids is 1. The number of anilines is 3. The predicted octanol–water partition coefficient (Wildman–Crippen LogP) is 4.83. The number of aromatic nitrogens is 3. The Balaban J connectivity index is 1.74. The van der Waals surface area contributed by atoms with Crippen molar-refractivity contribution in [1.82, 2.24) is 15.0 Å². The van der Waals surface area contributed by atoms with Gasteiger partial charge in [-0.3, -0.25) is 0 Å². The molecule has 0 fully saturated rings. The number of hydrogen-bond donors (Lipinski definition) is 3. The Bertz CT molecular complexity index is 1390. The zero-order valence-electron chi connectivity index (χ0n) is 19.0. The molecule has 0 spiro atoms. The lowest BCUT2D eigenvalue weighted by Crippen LogP contribution is -2.11. The molecular formula is C26H25N5O3. The number of carboxylic acids is 1. The molecule has 34 heavy (non-hydrogen) atoms. The van der Waals surface area contributed by atoms with E-state index in [1.807, 2.05) is 38.1 Å². The summed E-state index contributed by atoms with van der Waals surface area (Å²) in [5.74, 6) is 2.55. The topological polar surface area (TPSA) is 109 Å². The number of rotatable bonds is 9. The third-order valence-electron chi connectivity index (χ3n) is 5.13. The van der Waals surface area contributed by atoms with Crippen LogP contribution in [0.2, 0.25) is 0 Å². The summed E-state index contributed by atoms with van der Waals surface area (Å²) >= 11 is 0. The Kier molecular flexibility index (Phi) is 6.85. The highest BCUT2D eigenvalue weighted by atomic mass is 16.5. The van der Waals surface area contributed by atoms with Crippen LogP contribution in [-0.2, 0) is 4.74 Å². The van der Waals surface area contributed by atoms with E-state index in [0.717, 1.165) is 28.4 Å². The van der Waals surface area contributed by atoms with Gasteiger partial charge in [0.1, 0.15) is 5.52 Å². The lowest BCUT2D eigenvalue weighted by molar-refractivity contribution is 0.0696. The highest BCUT2D eigenvalue weighted by Crippen LogP contribution is 2.31. The van der Waals surface area contributed by atoms with Crippen LogP contribution in [0.3, 0.4) is 0 Å². The van der Waals surface area contributed by atoms with Gasteiger partial charge in [-0.15, -0.1) is 6.42 Å². The van der Waals surface area contributed by atoms with Crippen LogP contribution in [0.5, 0.6) is 0 Å². The second-order valence-electron chi connectivity index (χ2n) is 8.00. The first kappa shape index (κ1) is 23.0. The van der Waals surface area contributed by atoms with Crippen LogP contribution in [0, 0.1) is 12.3 Å². The third kappa shape index (κ3) is 5.22. The van der Waals surface area contributed by atoms with Gasteiger partial charge in [-0.25, -0.2) is 19.7 Å². The van der Waals surface area contributed by atoms with Crippen LogP contribution in [0.25, 0.3) is 21.8 Å². The number of nitrogens with one attached hydrogen (secondary N) is 2. The molecule has 0 saturated carbocycles. The highest BCUT2D eigenvalue weighted by molar-refractivity contribution is 6.10. The summed E-state index contributed by atoms with van der Waals surface area (Å²) in [7, 11) is 0. The highest BCUT2D eigenvalue weighted by Gasteiger charge is 2.14. The smallest absolute Gasteiger partial charge is 0.335 e. The number of ether oxygens (including phenoxy) is 1. The second kappa shape index (κ2) is 10.1. The summed E-state index contributed by atoms with van der Waals surface area (Å²) < 4.78 is 5.57. The molecule has 4 rings (SSSR count). The lowest BCUT2D eigenvalue weighted by atomic mass is 10.1. The molecule has 2 aromatic carbocycles. The second-order valence-corrected chi connectivity index (χ2v) is 8.00. The summed E-state index contributed by atoms with van der Waals surface area (Å²) in [4.78, 5) is 25.4. The molecule has 2 heterocycles. The first-order chi connectivity index (χ1) is 16.4. The Labute approximate surface area is 197 Å². The number of fused-ring (bicyclic) bond motifs is 3. The quantitative estimate of drug-likeness (QED) is 0.187. The SMILES string of the molecule is C#Cc1cccc(Nc2nc3cc(C(=O)O)ccc3c3cnc(NCCCOC(C)C)nc23)c1. The van der Waals surface area contributed by atoms with Crippen LogP contribution in [0.4, 0.5) is 17.5 Å². The number of carboxylic acid groups (broad SMARTS) is 1. The fraction of sp³-hybridized carbons (Fsp3) is 0.231. The molecule has 172 valence electrons. The largest absolute Gasteiger partial charge is 0.478 e. The van der Waals surface area contributed by atoms with Gasteiger partial charge in [-0.2, -0.15) is 0 Å². The van der Waals surface area contributed by atoms with E-state index in [0.29, 0.717) is 36.0 Å². The minimum absolute atomic E-state index is 0.155. The standard InChI is InChI=1S/C26H25N5O3/c1-4-17-7-5-8-19(13-17)29-24-23-21(20-10-9-18(25(32)33)14-22(20)30-24)15-28-26(31-23)27-11-6-12-34-16(2)3/h1,5,7-10,13-16H,6,11-12H2,2-3H3,(H,29,30)(H,32,33)(H,27,28,31). The van der Waals surface area contributed by atoms with Gasteiger partial charge >= 0.3 is 5.97 Å². The van der Waals surface area contributed by atoms with Crippen LogP contribution < -0.4 is 10.6 Å². The molecule has 0 aliphatic heterocycles. The van der Waals surface area contributed by atoms with Gasteiger partial charge in [-0.05, 0) is 50.6 Å². The Hall–Kier alpha value is -4.22. The maximum absolute atomic E-state index is 11.5. The summed E-state index contributed by atoms with van der Waals surface area (Å²) in [6.07, 6.45) is 8.28. The summed E-state index contributed by atoms with van der Waals surface area (Å²) in [6, 6.07) is 12.2. The van der Waals surface area contributed by atoms with Gasteiger partial charge in [0, 0.05) is 41.4 Å². The first-order valence-electron chi connectivity index (χ1n) is 11.0. The molecule has 0 bridgehead atoms. The average molecular weight is 456 g/mol. The van der Waals surface area contributed by atoms with E-state index >= 15 is 0 Å². The van der Waals surface area contributed by atoms with Crippen LogP contribution in [-0.4, -0.2) is 45.3 Å². The van der Waals surface area contributed by atoms with Crippen molar-refractivity contribution < 1.29 is 14.6 Å². The molecular weight excluding hydrogens is 430 g/mol. The zero-order valence-corrected chi connectivity index (χ0v) is 19.0. The molecule has 2 aromatic heterocycles. The number of benzene rings is 2. The molecule has 4 aromatic rings. The molecule has 3 N–H and O–H groups in total. The lowest BCUT2D eigenvalue weighted by Gasteiger charge is -2.13. The third-order valence-corrected chi connectivity index (χ3v) is 5.13. The normalized spacial score (nSPS) is 11.0. The van der Waals surface area contributed by atoms with E-state index in [1.165, 1.54) is 0 Å².